The Labute approximate surface area is 169 Å². The van der Waals surface area contributed by atoms with E-state index in [1.165, 1.54) is 0 Å². The highest BCUT2D eigenvalue weighted by atomic mass is 16.5. The number of benzene rings is 2. The van der Waals surface area contributed by atoms with Gasteiger partial charge in [-0.3, -0.25) is 9.59 Å². The molecule has 0 radical (unpaired) electrons. The van der Waals surface area contributed by atoms with Gasteiger partial charge in [-0.15, -0.1) is 0 Å². The highest BCUT2D eigenvalue weighted by molar-refractivity contribution is 5.98. The second kappa shape index (κ2) is 9.23. The number of anilines is 1. The number of carboxylic acid groups (broad SMARTS) is 1. The molecule has 29 heavy (non-hydrogen) atoms. The number of carboxylic acids is 1. The summed E-state index contributed by atoms with van der Waals surface area (Å²) in [6.07, 6.45) is 2.16. The number of carbonyl (C=O) groups is 3. The molecule has 0 aromatic heterocycles. The minimum absolute atomic E-state index is 0.0191. The Morgan fingerprint density at radius 2 is 1.93 bits per heavy atom. The Balaban J connectivity index is 1.81. The molecule has 1 aliphatic rings. The fraction of sp³-hybridized carbons (Fsp3) is 0.318. The van der Waals surface area contributed by atoms with Crippen LogP contribution in [0.15, 0.2) is 48.5 Å². The van der Waals surface area contributed by atoms with Gasteiger partial charge < -0.3 is 20.1 Å². The molecule has 1 unspecified atom stereocenters. The van der Waals surface area contributed by atoms with E-state index in [0.717, 1.165) is 24.0 Å². The fourth-order valence-corrected chi connectivity index (χ4v) is 3.42. The van der Waals surface area contributed by atoms with Crippen molar-refractivity contribution in [3.63, 3.8) is 0 Å². The van der Waals surface area contributed by atoms with Gasteiger partial charge in [0.1, 0.15) is 11.8 Å². The topological polar surface area (TPSA) is 95.9 Å². The molecule has 152 valence electrons. The molecule has 7 nitrogen and oxygen atoms in total. The summed E-state index contributed by atoms with van der Waals surface area (Å²) in [4.78, 5) is 38.0. The summed E-state index contributed by atoms with van der Waals surface area (Å²) in [5, 5.41) is 11.6. The Hall–Kier alpha value is -3.35. The molecule has 2 N–H and O–H groups in total. The molecule has 3 rings (SSSR count). The highest BCUT2D eigenvalue weighted by Gasteiger charge is 2.32. The van der Waals surface area contributed by atoms with Crippen LogP contribution in [-0.2, 0) is 14.4 Å². The van der Waals surface area contributed by atoms with Crippen molar-refractivity contribution in [2.45, 2.75) is 32.2 Å². The summed E-state index contributed by atoms with van der Waals surface area (Å²) >= 11 is 0. The molecule has 0 spiro atoms. The Kier molecular flexibility index (Phi) is 6.49. The third kappa shape index (κ3) is 5.13. The number of nitrogens with one attached hydrogen (secondary N) is 1. The first-order chi connectivity index (χ1) is 14.0. The number of hydrogen-bond acceptors (Lipinski definition) is 4. The number of aryl methyl sites for hydroxylation is 1. The number of piperidine rings is 1. The minimum Gasteiger partial charge on any atom is -0.482 e. The lowest BCUT2D eigenvalue weighted by Crippen LogP contribution is -2.43. The third-order valence-electron chi connectivity index (χ3n) is 4.85. The molecule has 2 aromatic rings. The van der Waals surface area contributed by atoms with Gasteiger partial charge in [-0.25, -0.2) is 4.79 Å². The van der Waals surface area contributed by atoms with Gasteiger partial charge in [0.25, 0.3) is 5.91 Å². The van der Waals surface area contributed by atoms with Gasteiger partial charge in [0, 0.05) is 18.7 Å². The smallest absolute Gasteiger partial charge is 0.341 e. The summed E-state index contributed by atoms with van der Waals surface area (Å²) in [5.74, 6) is -0.950. The van der Waals surface area contributed by atoms with Gasteiger partial charge in [0.05, 0.1) is 0 Å². The molecular weight excluding hydrogens is 372 g/mol. The van der Waals surface area contributed by atoms with Gasteiger partial charge in [0.2, 0.25) is 5.91 Å². The second-order valence-electron chi connectivity index (χ2n) is 7.01. The van der Waals surface area contributed by atoms with Crippen molar-refractivity contribution in [2.24, 2.45) is 0 Å². The summed E-state index contributed by atoms with van der Waals surface area (Å²) in [5.41, 5.74) is 2.08. The number of nitrogens with zero attached hydrogens (tertiary/aromatic N) is 1. The van der Waals surface area contributed by atoms with E-state index in [9.17, 15) is 14.4 Å². The Morgan fingerprint density at radius 3 is 2.59 bits per heavy atom. The number of rotatable bonds is 7. The predicted octanol–water partition coefficient (Wildman–Crippen LogP) is 3.15. The largest absolute Gasteiger partial charge is 0.482 e. The van der Waals surface area contributed by atoms with Crippen LogP contribution in [0.25, 0.3) is 0 Å². The second-order valence-corrected chi connectivity index (χ2v) is 7.01. The van der Waals surface area contributed by atoms with Crippen molar-refractivity contribution < 1.29 is 24.2 Å². The van der Waals surface area contributed by atoms with Gasteiger partial charge in [0.15, 0.2) is 6.61 Å². The van der Waals surface area contributed by atoms with E-state index in [-0.39, 0.29) is 11.8 Å². The van der Waals surface area contributed by atoms with Crippen molar-refractivity contribution in [2.75, 3.05) is 18.5 Å². The Bertz CT molecular complexity index is 897. The van der Waals surface area contributed by atoms with Crippen molar-refractivity contribution in [1.82, 2.24) is 4.90 Å². The predicted molar refractivity (Wildman–Crippen MR) is 108 cm³/mol. The van der Waals surface area contributed by atoms with E-state index in [1.807, 2.05) is 30.3 Å². The summed E-state index contributed by atoms with van der Waals surface area (Å²) in [6.45, 7) is 1.91. The first-order valence-electron chi connectivity index (χ1n) is 9.56. The number of amides is 2. The van der Waals surface area contributed by atoms with Gasteiger partial charge in [-0.05, 0) is 49.1 Å². The quantitative estimate of drug-likeness (QED) is 0.750. The monoisotopic (exact) mass is 396 g/mol. The van der Waals surface area contributed by atoms with Crippen molar-refractivity contribution in [1.29, 1.82) is 0 Å². The Morgan fingerprint density at radius 1 is 1.17 bits per heavy atom. The van der Waals surface area contributed by atoms with Gasteiger partial charge in [-0.2, -0.15) is 0 Å². The SMILES string of the molecule is Cc1cc(OCC(=O)O)ccc1NC(=O)C(c1ccccc1)N1CCCCC1=O. The van der Waals surface area contributed by atoms with Crippen LogP contribution in [0, 0.1) is 6.92 Å². The summed E-state index contributed by atoms with van der Waals surface area (Å²) in [7, 11) is 0. The lowest BCUT2D eigenvalue weighted by Gasteiger charge is -2.34. The minimum atomic E-state index is -1.06. The molecule has 0 aliphatic carbocycles. The maximum Gasteiger partial charge on any atom is 0.341 e. The van der Waals surface area contributed by atoms with Gasteiger partial charge in [-0.1, -0.05) is 30.3 Å². The molecule has 2 amide bonds. The fourth-order valence-electron chi connectivity index (χ4n) is 3.42. The molecule has 7 heteroatoms. The number of hydrogen-bond donors (Lipinski definition) is 2. The molecule has 1 aliphatic heterocycles. The van der Waals surface area contributed by atoms with E-state index in [1.54, 1.807) is 30.0 Å². The van der Waals surface area contributed by atoms with Crippen molar-refractivity contribution in [3.8, 4) is 5.75 Å². The summed E-state index contributed by atoms with van der Waals surface area (Å²) in [6, 6.07) is 13.5. The molecule has 1 fully saturated rings. The van der Waals surface area contributed by atoms with Crippen LogP contribution in [0.1, 0.15) is 36.4 Å². The zero-order valence-electron chi connectivity index (χ0n) is 16.3. The normalized spacial score (nSPS) is 14.9. The lowest BCUT2D eigenvalue weighted by atomic mass is 10.00. The summed E-state index contributed by atoms with van der Waals surface area (Å²) < 4.78 is 5.17. The van der Waals surface area contributed by atoms with Crippen molar-refractivity contribution in [3.05, 3.63) is 59.7 Å². The van der Waals surface area contributed by atoms with E-state index in [2.05, 4.69) is 5.32 Å². The highest BCUT2D eigenvalue weighted by Crippen LogP contribution is 2.28. The van der Waals surface area contributed by atoms with E-state index in [4.69, 9.17) is 9.84 Å². The standard InChI is InChI=1S/C22H24N2O5/c1-15-13-17(29-14-20(26)27)10-11-18(15)23-22(28)21(16-7-3-2-4-8-16)24-12-6-5-9-19(24)25/h2-4,7-8,10-11,13,21H,5-6,9,12,14H2,1H3,(H,23,28)(H,26,27). The number of carbonyl (C=O) groups excluding carboxylic acids is 2. The van der Waals surface area contributed by atoms with Crippen LogP contribution in [0.2, 0.25) is 0 Å². The van der Waals surface area contributed by atoms with Crippen LogP contribution >= 0.6 is 0 Å². The lowest BCUT2D eigenvalue weighted by molar-refractivity contribution is -0.141. The number of likely N-dealkylation sites (tertiary alicyclic amines) is 1. The van der Waals surface area contributed by atoms with Gasteiger partial charge >= 0.3 is 5.97 Å². The zero-order valence-corrected chi connectivity index (χ0v) is 16.3. The molecule has 0 saturated carbocycles. The maximum absolute atomic E-state index is 13.2. The molecule has 2 aromatic carbocycles. The first kappa shape index (κ1) is 20.4. The van der Waals surface area contributed by atoms with E-state index < -0.39 is 18.6 Å². The molecule has 0 bridgehead atoms. The molecule has 1 heterocycles. The van der Waals surface area contributed by atoms with Crippen molar-refractivity contribution >= 4 is 23.5 Å². The van der Waals surface area contributed by atoms with Crippen LogP contribution in [0.5, 0.6) is 5.75 Å². The van der Waals surface area contributed by atoms with Crippen LogP contribution < -0.4 is 10.1 Å². The van der Waals surface area contributed by atoms with Crippen LogP contribution in [0.3, 0.4) is 0 Å². The number of aliphatic carboxylic acids is 1. The van der Waals surface area contributed by atoms with Crippen LogP contribution in [-0.4, -0.2) is 40.9 Å². The average Bonchev–Trinajstić information content (AvgIpc) is 2.71. The third-order valence-corrected chi connectivity index (χ3v) is 4.85. The zero-order chi connectivity index (χ0) is 20.8. The van der Waals surface area contributed by atoms with E-state index >= 15 is 0 Å². The molecule has 1 saturated heterocycles. The molecular formula is C22H24N2O5. The maximum atomic E-state index is 13.2. The van der Waals surface area contributed by atoms with E-state index in [0.29, 0.717) is 24.4 Å². The van der Waals surface area contributed by atoms with Crippen LogP contribution in [0.4, 0.5) is 5.69 Å². The number of ether oxygens (including phenoxy) is 1. The first-order valence-corrected chi connectivity index (χ1v) is 9.56. The average molecular weight is 396 g/mol. The molecule has 1 atom stereocenters.